The van der Waals surface area contributed by atoms with Crippen LogP contribution in [0.5, 0.6) is 0 Å². The van der Waals surface area contributed by atoms with E-state index in [0.717, 1.165) is 13.1 Å². The van der Waals surface area contributed by atoms with Crippen LogP contribution >= 0.6 is 0 Å². The SMILES string of the molecule is Cc1cc(C)cc(N2CC(C)(C)NC(C)(C)C2)c1. The lowest BCUT2D eigenvalue weighted by molar-refractivity contribution is 0.226. The monoisotopic (exact) mass is 246 g/mol. The van der Waals surface area contributed by atoms with Gasteiger partial charge >= 0.3 is 0 Å². The second-order valence-electron chi connectivity index (χ2n) is 7.09. The smallest absolute Gasteiger partial charge is 0.0372 e. The third-order valence-corrected chi connectivity index (χ3v) is 3.42. The van der Waals surface area contributed by atoms with Crippen molar-refractivity contribution in [3.05, 3.63) is 29.3 Å². The lowest BCUT2D eigenvalue weighted by Crippen LogP contribution is -2.67. The number of nitrogens with one attached hydrogen (secondary N) is 1. The van der Waals surface area contributed by atoms with Crippen molar-refractivity contribution < 1.29 is 0 Å². The molecule has 2 nitrogen and oxygen atoms in total. The Labute approximate surface area is 111 Å². The van der Waals surface area contributed by atoms with Crippen LogP contribution in [0.15, 0.2) is 18.2 Å². The minimum absolute atomic E-state index is 0.152. The maximum absolute atomic E-state index is 3.72. The van der Waals surface area contributed by atoms with Gasteiger partial charge in [0.05, 0.1) is 0 Å². The molecule has 0 atom stereocenters. The predicted molar refractivity (Wildman–Crippen MR) is 79.4 cm³/mol. The molecule has 1 N–H and O–H groups in total. The van der Waals surface area contributed by atoms with Crippen LogP contribution in [0.3, 0.4) is 0 Å². The van der Waals surface area contributed by atoms with E-state index in [1.807, 2.05) is 0 Å². The van der Waals surface area contributed by atoms with Crippen LogP contribution in [0.2, 0.25) is 0 Å². The summed E-state index contributed by atoms with van der Waals surface area (Å²) in [5.74, 6) is 0. The third-order valence-electron chi connectivity index (χ3n) is 3.42. The number of hydrogen-bond donors (Lipinski definition) is 1. The van der Waals surface area contributed by atoms with E-state index in [0.29, 0.717) is 0 Å². The molecule has 2 heteroatoms. The van der Waals surface area contributed by atoms with Crippen molar-refractivity contribution in [3.63, 3.8) is 0 Å². The molecule has 1 saturated heterocycles. The summed E-state index contributed by atoms with van der Waals surface area (Å²) in [6, 6.07) is 6.83. The van der Waals surface area contributed by atoms with Crippen LogP contribution in [-0.4, -0.2) is 24.2 Å². The van der Waals surface area contributed by atoms with Gasteiger partial charge in [-0.25, -0.2) is 0 Å². The largest absolute Gasteiger partial charge is 0.368 e. The van der Waals surface area contributed by atoms with E-state index >= 15 is 0 Å². The summed E-state index contributed by atoms with van der Waals surface area (Å²) < 4.78 is 0. The van der Waals surface area contributed by atoms with Gasteiger partial charge in [0.15, 0.2) is 0 Å². The quantitative estimate of drug-likeness (QED) is 0.818. The fourth-order valence-corrected chi connectivity index (χ4v) is 3.32. The van der Waals surface area contributed by atoms with Crippen LogP contribution < -0.4 is 10.2 Å². The average Bonchev–Trinajstić information content (AvgIpc) is 2.10. The topological polar surface area (TPSA) is 15.3 Å². The molecule has 1 aromatic rings. The molecule has 18 heavy (non-hydrogen) atoms. The highest BCUT2D eigenvalue weighted by atomic mass is 15.3. The van der Waals surface area contributed by atoms with Crippen LogP contribution in [0.25, 0.3) is 0 Å². The fourth-order valence-electron chi connectivity index (χ4n) is 3.32. The molecule has 1 aromatic carbocycles. The zero-order valence-electron chi connectivity index (χ0n) is 12.6. The molecule has 0 saturated carbocycles. The standard InChI is InChI=1S/C16H26N2/c1-12-7-13(2)9-14(8-12)18-10-15(3,4)17-16(5,6)11-18/h7-9,17H,10-11H2,1-6H3. The summed E-state index contributed by atoms with van der Waals surface area (Å²) in [5.41, 5.74) is 4.35. The lowest BCUT2D eigenvalue weighted by Gasteiger charge is -2.49. The van der Waals surface area contributed by atoms with Crippen molar-refractivity contribution in [2.45, 2.75) is 52.6 Å². The molecule has 1 heterocycles. The molecular formula is C16H26N2. The van der Waals surface area contributed by atoms with Crippen LogP contribution in [0.1, 0.15) is 38.8 Å². The number of nitrogens with zero attached hydrogens (tertiary/aromatic N) is 1. The number of aryl methyl sites for hydroxylation is 2. The van der Waals surface area contributed by atoms with E-state index in [9.17, 15) is 0 Å². The van der Waals surface area contributed by atoms with Crippen molar-refractivity contribution in [3.8, 4) is 0 Å². The molecule has 1 aliphatic rings. The number of piperazine rings is 1. The minimum atomic E-state index is 0.152. The first-order valence-electron chi connectivity index (χ1n) is 6.80. The minimum Gasteiger partial charge on any atom is -0.368 e. The Hall–Kier alpha value is -1.02. The van der Waals surface area contributed by atoms with Gasteiger partial charge in [-0.1, -0.05) is 6.07 Å². The molecule has 0 amide bonds. The molecule has 1 fully saturated rings. The normalized spacial score (nSPS) is 22.0. The van der Waals surface area contributed by atoms with Gasteiger partial charge < -0.3 is 10.2 Å². The summed E-state index contributed by atoms with van der Waals surface area (Å²) in [5, 5.41) is 3.72. The van der Waals surface area contributed by atoms with Gasteiger partial charge in [-0.15, -0.1) is 0 Å². The second kappa shape index (κ2) is 4.27. The number of anilines is 1. The number of hydrogen-bond acceptors (Lipinski definition) is 2. The maximum atomic E-state index is 3.72. The molecule has 0 aromatic heterocycles. The molecule has 0 radical (unpaired) electrons. The Kier molecular flexibility index (Phi) is 3.18. The maximum Gasteiger partial charge on any atom is 0.0372 e. The van der Waals surface area contributed by atoms with Crippen molar-refractivity contribution >= 4 is 5.69 Å². The van der Waals surface area contributed by atoms with Gasteiger partial charge in [-0.05, 0) is 64.8 Å². The van der Waals surface area contributed by atoms with Gasteiger partial charge in [0.25, 0.3) is 0 Å². The van der Waals surface area contributed by atoms with Gasteiger partial charge in [0.2, 0.25) is 0 Å². The van der Waals surface area contributed by atoms with Crippen molar-refractivity contribution in [1.82, 2.24) is 5.32 Å². The van der Waals surface area contributed by atoms with Crippen molar-refractivity contribution in [1.29, 1.82) is 0 Å². The summed E-state index contributed by atoms with van der Waals surface area (Å²) in [4.78, 5) is 2.51. The highest BCUT2D eigenvalue weighted by Crippen LogP contribution is 2.27. The van der Waals surface area contributed by atoms with E-state index in [1.54, 1.807) is 0 Å². The van der Waals surface area contributed by atoms with E-state index in [2.05, 4.69) is 70.0 Å². The van der Waals surface area contributed by atoms with Crippen LogP contribution in [0, 0.1) is 13.8 Å². The summed E-state index contributed by atoms with van der Waals surface area (Å²) in [7, 11) is 0. The predicted octanol–water partition coefficient (Wildman–Crippen LogP) is 3.27. The molecule has 0 bridgehead atoms. The first kappa shape index (κ1) is 13.4. The Morgan fingerprint density at radius 3 is 1.78 bits per heavy atom. The molecule has 0 spiro atoms. The third kappa shape index (κ3) is 3.05. The van der Waals surface area contributed by atoms with Gasteiger partial charge in [0.1, 0.15) is 0 Å². The lowest BCUT2D eigenvalue weighted by atomic mass is 9.91. The highest BCUT2D eigenvalue weighted by molar-refractivity contribution is 5.52. The van der Waals surface area contributed by atoms with E-state index in [1.165, 1.54) is 16.8 Å². The van der Waals surface area contributed by atoms with Crippen molar-refractivity contribution in [2.24, 2.45) is 0 Å². The summed E-state index contributed by atoms with van der Waals surface area (Å²) >= 11 is 0. The highest BCUT2D eigenvalue weighted by Gasteiger charge is 2.36. The molecular weight excluding hydrogens is 220 g/mol. The summed E-state index contributed by atoms with van der Waals surface area (Å²) in [6.07, 6.45) is 0. The molecule has 100 valence electrons. The molecule has 0 aliphatic carbocycles. The van der Waals surface area contributed by atoms with E-state index in [-0.39, 0.29) is 11.1 Å². The summed E-state index contributed by atoms with van der Waals surface area (Å²) in [6.45, 7) is 15.6. The zero-order chi connectivity index (χ0) is 13.6. The first-order valence-corrected chi connectivity index (χ1v) is 6.80. The van der Waals surface area contributed by atoms with Crippen LogP contribution in [0.4, 0.5) is 5.69 Å². The van der Waals surface area contributed by atoms with E-state index in [4.69, 9.17) is 0 Å². The average molecular weight is 246 g/mol. The van der Waals surface area contributed by atoms with E-state index < -0.39 is 0 Å². The number of rotatable bonds is 1. The Bertz CT molecular complexity index is 410. The van der Waals surface area contributed by atoms with Gasteiger partial charge in [-0.3, -0.25) is 0 Å². The van der Waals surface area contributed by atoms with Crippen molar-refractivity contribution in [2.75, 3.05) is 18.0 Å². The molecule has 1 aliphatic heterocycles. The zero-order valence-corrected chi connectivity index (χ0v) is 12.6. The van der Waals surface area contributed by atoms with Crippen LogP contribution in [-0.2, 0) is 0 Å². The molecule has 0 unspecified atom stereocenters. The number of benzene rings is 1. The second-order valence-corrected chi connectivity index (χ2v) is 7.09. The van der Waals surface area contributed by atoms with Gasteiger partial charge in [0, 0.05) is 29.9 Å². The Morgan fingerprint density at radius 2 is 1.33 bits per heavy atom. The Balaban J connectivity index is 2.32. The fraction of sp³-hybridized carbons (Fsp3) is 0.625. The Morgan fingerprint density at radius 1 is 0.889 bits per heavy atom. The van der Waals surface area contributed by atoms with Gasteiger partial charge in [-0.2, -0.15) is 0 Å². The molecule has 2 rings (SSSR count). The first-order chi connectivity index (χ1) is 8.17.